The Morgan fingerprint density at radius 3 is 1.58 bits per heavy atom. The van der Waals surface area contributed by atoms with Crippen LogP contribution >= 0.6 is 22.6 Å². The van der Waals surface area contributed by atoms with Crippen molar-refractivity contribution >= 4 is 28.6 Å². The van der Waals surface area contributed by atoms with E-state index in [1.807, 2.05) is 0 Å². The van der Waals surface area contributed by atoms with Crippen molar-refractivity contribution in [1.29, 1.82) is 0 Å². The van der Waals surface area contributed by atoms with Gasteiger partial charge in [-0.1, -0.05) is 123 Å². The third kappa shape index (κ3) is 12.5. The molecule has 8 nitrogen and oxygen atoms in total. The second-order valence-corrected chi connectivity index (χ2v) is 19.1. The molecule has 0 bridgehead atoms. The maximum atomic E-state index is 11.3. The fourth-order valence-corrected chi connectivity index (χ4v) is 7.26. The molecule has 55 heavy (non-hydrogen) atoms. The van der Waals surface area contributed by atoms with E-state index >= 15 is 0 Å². The number of carboxylic acid groups (broad SMARTS) is 1. The lowest BCUT2D eigenvalue weighted by Gasteiger charge is -2.31. The van der Waals surface area contributed by atoms with Gasteiger partial charge in [0.1, 0.15) is 17.2 Å². The molecule has 4 aromatic rings. The molecule has 2 heterocycles. The number of hydrogen-bond donors (Lipinski definition) is 1. The minimum atomic E-state index is -1.14. The van der Waals surface area contributed by atoms with Gasteiger partial charge in [-0.05, 0) is 91.2 Å². The van der Waals surface area contributed by atoms with Crippen molar-refractivity contribution < 1.29 is 28.2 Å². The summed E-state index contributed by atoms with van der Waals surface area (Å²) in [5.41, 5.74) is 5.70. The lowest BCUT2D eigenvalue weighted by molar-refractivity contribution is -0.163. The van der Waals surface area contributed by atoms with E-state index in [9.17, 15) is 9.90 Å². The Bertz CT molecular complexity index is 1810. The standard InChI is InChI=1S/C29H43NO5.C17H22INO/c1-19(2)25-24(30-26(35-25)22-11-13-23(14-12-22)28(3,4)5)18-33-16-20-9-8-10-21(15-20)17-34-29(6,7)27(31)32;1-11(2)15-14(10-18)19-16(20-15)12-6-8-13(9-7-12)17(3,4)5/h11-14,19-21H,8-10,15-18H2,1-7H3,(H,31,32);6-9,11H,10H2,1-5H3/t20-,21+;/m1./s1. The zero-order valence-corrected chi connectivity index (χ0v) is 37.5. The molecule has 1 saturated carbocycles. The van der Waals surface area contributed by atoms with Gasteiger partial charge in [0.05, 0.1) is 18.9 Å². The predicted octanol–water partition coefficient (Wildman–Crippen LogP) is 12.7. The van der Waals surface area contributed by atoms with Crippen LogP contribution < -0.4 is 0 Å². The van der Waals surface area contributed by atoms with E-state index in [2.05, 4.69) is 145 Å². The lowest BCUT2D eigenvalue weighted by Crippen LogP contribution is -2.37. The highest BCUT2D eigenvalue weighted by atomic mass is 127. The third-order valence-electron chi connectivity index (χ3n) is 10.3. The van der Waals surface area contributed by atoms with Gasteiger partial charge in [0, 0.05) is 34.0 Å². The zero-order valence-electron chi connectivity index (χ0n) is 35.3. The van der Waals surface area contributed by atoms with E-state index in [0.717, 1.165) is 70.0 Å². The second kappa shape index (κ2) is 18.9. The van der Waals surface area contributed by atoms with Gasteiger partial charge < -0.3 is 23.4 Å². The van der Waals surface area contributed by atoms with Crippen LogP contribution in [-0.2, 0) is 36.1 Å². The Morgan fingerprint density at radius 1 is 0.745 bits per heavy atom. The molecule has 0 spiro atoms. The molecule has 5 rings (SSSR count). The number of halogens is 1. The summed E-state index contributed by atoms with van der Waals surface area (Å²) in [5.74, 6) is 3.75. The summed E-state index contributed by atoms with van der Waals surface area (Å²) in [7, 11) is 0. The van der Waals surface area contributed by atoms with Gasteiger partial charge in [-0.3, -0.25) is 0 Å². The van der Waals surface area contributed by atoms with E-state index in [4.69, 9.17) is 23.3 Å². The molecule has 2 atom stereocenters. The monoisotopic (exact) mass is 868 g/mol. The zero-order chi connectivity index (χ0) is 40.7. The first kappa shape index (κ1) is 44.7. The van der Waals surface area contributed by atoms with Crippen LogP contribution in [0.1, 0.15) is 155 Å². The number of nitrogens with zero attached hydrogens (tertiary/aromatic N) is 2. The fraction of sp³-hybridized carbons (Fsp3) is 0.587. The van der Waals surface area contributed by atoms with E-state index in [-0.39, 0.29) is 16.7 Å². The molecule has 0 saturated heterocycles. The molecule has 1 N–H and O–H groups in total. The molecular weight excluding hydrogens is 803 g/mol. The Hall–Kier alpha value is -3.02. The molecule has 0 unspecified atom stereocenters. The van der Waals surface area contributed by atoms with Crippen molar-refractivity contribution in [3.8, 4) is 22.9 Å². The average molecular weight is 869 g/mol. The average Bonchev–Trinajstić information content (AvgIpc) is 3.76. The van der Waals surface area contributed by atoms with Crippen molar-refractivity contribution in [2.45, 2.75) is 148 Å². The maximum Gasteiger partial charge on any atom is 0.335 e. The number of benzene rings is 2. The van der Waals surface area contributed by atoms with Gasteiger partial charge in [0.25, 0.3) is 0 Å². The first-order valence-corrected chi connectivity index (χ1v) is 21.4. The van der Waals surface area contributed by atoms with Gasteiger partial charge >= 0.3 is 5.97 Å². The van der Waals surface area contributed by atoms with Crippen LogP contribution in [0.5, 0.6) is 0 Å². The van der Waals surface area contributed by atoms with Gasteiger partial charge in [-0.2, -0.15) is 0 Å². The van der Waals surface area contributed by atoms with Gasteiger partial charge in [0.15, 0.2) is 5.60 Å². The Kier molecular flexibility index (Phi) is 15.4. The summed E-state index contributed by atoms with van der Waals surface area (Å²) in [6, 6.07) is 17.0. The Labute approximate surface area is 343 Å². The van der Waals surface area contributed by atoms with Crippen LogP contribution in [0.15, 0.2) is 57.4 Å². The minimum Gasteiger partial charge on any atom is -0.479 e. The number of ether oxygens (including phenoxy) is 2. The molecule has 1 fully saturated rings. The number of carbonyl (C=O) groups is 1. The summed E-state index contributed by atoms with van der Waals surface area (Å²) in [6.07, 6.45) is 4.31. The molecule has 0 radical (unpaired) electrons. The number of aromatic nitrogens is 2. The summed E-state index contributed by atoms with van der Waals surface area (Å²) in [4.78, 5) is 20.7. The van der Waals surface area contributed by atoms with Crippen LogP contribution in [0.4, 0.5) is 0 Å². The SMILES string of the molecule is CC(C)c1oc(-c2ccc(C(C)(C)C)cc2)nc1CI.CC(C)c1oc(-c2ccc(C(C)(C)C)cc2)nc1COC[C@@H]1CCC[C@H](COC(C)(C)C(=O)O)C1. The van der Waals surface area contributed by atoms with Crippen molar-refractivity contribution in [3.63, 3.8) is 0 Å². The molecular formula is C46H65IN2O6. The molecule has 9 heteroatoms. The molecule has 0 amide bonds. The molecule has 0 aliphatic heterocycles. The minimum absolute atomic E-state index is 0.105. The molecule has 1 aliphatic carbocycles. The second-order valence-electron chi connectivity index (χ2n) is 18.3. The molecule has 2 aromatic carbocycles. The number of oxazole rings is 2. The Balaban J connectivity index is 0.000000284. The number of alkyl halides is 1. The summed E-state index contributed by atoms with van der Waals surface area (Å²) in [5, 5.41) is 9.27. The number of rotatable bonds is 13. The van der Waals surface area contributed by atoms with Gasteiger partial charge in [0.2, 0.25) is 11.8 Å². The molecule has 302 valence electrons. The van der Waals surface area contributed by atoms with Gasteiger partial charge in [-0.15, -0.1) is 0 Å². The van der Waals surface area contributed by atoms with E-state index in [0.29, 0.717) is 43.5 Å². The largest absolute Gasteiger partial charge is 0.479 e. The van der Waals surface area contributed by atoms with Crippen LogP contribution in [0.3, 0.4) is 0 Å². The van der Waals surface area contributed by atoms with Crippen LogP contribution in [0.2, 0.25) is 0 Å². The van der Waals surface area contributed by atoms with Crippen LogP contribution in [0.25, 0.3) is 22.9 Å². The third-order valence-corrected chi connectivity index (χ3v) is 11.0. The normalized spacial score (nSPS) is 16.7. The fourth-order valence-electron chi connectivity index (χ4n) is 6.72. The lowest BCUT2D eigenvalue weighted by atomic mass is 9.82. The first-order valence-electron chi connectivity index (χ1n) is 19.9. The van der Waals surface area contributed by atoms with E-state index < -0.39 is 11.6 Å². The van der Waals surface area contributed by atoms with Gasteiger partial charge in [-0.25, -0.2) is 14.8 Å². The molecule has 1 aliphatic rings. The Morgan fingerprint density at radius 2 is 1.18 bits per heavy atom. The smallest absolute Gasteiger partial charge is 0.335 e. The summed E-state index contributed by atoms with van der Waals surface area (Å²) >= 11 is 2.34. The number of hydrogen-bond acceptors (Lipinski definition) is 7. The van der Waals surface area contributed by atoms with E-state index in [1.165, 1.54) is 11.1 Å². The molecule has 2 aromatic heterocycles. The summed E-state index contributed by atoms with van der Waals surface area (Å²) in [6.45, 7) is 26.6. The van der Waals surface area contributed by atoms with Crippen molar-refractivity contribution in [2.75, 3.05) is 13.2 Å². The number of aliphatic carboxylic acids is 1. The first-order chi connectivity index (χ1) is 25.7. The number of carboxylic acids is 1. The highest BCUT2D eigenvalue weighted by molar-refractivity contribution is 14.1. The van der Waals surface area contributed by atoms with Crippen LogP contribution in [-0.4, -0.2) is 39.9 Å². The van der Waals surface area contributed by atoms with Crippen molar-refractivity contribution in [2.24, 2.45) is 11.8 Å². The highest BCUT2D eigenvalue weighted by Crippen LogP contribution is 2.34. The highest BCUT2D eigenvalue weighted by Gasteiger charge is 2.31. The van der Waals surface area contributed by atoms with Crippen molar-refractivity contribution in [1.82, 2.24) is 9.97 Å². The quantitative estimate of drug-likeness (QED) is 0.105. The predicted molar refractivity (Wildman–Crippen MR) is 230 cm³/mol. The van der Waals surface area contributed by atoms with Crippen LogP contribution in [0, 0.1) is 11.8 Å². The topological polar surface area (TPSA) is 108 Å². The van der Waals surface area contributed by atoms with E-state index in [1.54, 1.807) is 13.8 Å². The van der Waals surface area contributed by atoms with Crippen molar-refractivity contribution in [3.05, 3.63) is 82.6 Å². The summed E-state index contributed by atoms with van der Waals surface area (Å²) < 4.78 is 24.9. The maximum absolute atomic E-state index is 11.3.